The summed E-state index contributed by atoms with van der Waals surface area (Å²) in [6, 6.07) is -0.479. The van der Waals surface area contributed by atoms with E-state index in [1.165, 1.54) is 25.3 Å². The fourth-order valence-corrected chi connectivity index (χ4v) is 2.26. The Morgan fingerprint density at radius 2 is 1.68 bits per heavy atom. The zero-order chi connectivity index (χ0) is 16.6. The summed E-state index contributed by atoms with van der Waals surface area (Å²) in [7, 11) is 0. The van der Waals surface area contributed by atoms with E-state index >= 15 is 0 Å². The van der Waals surface area contributed by atoms with E-state index in [9.17, 15) is 14.3 Å². The number of alkyl halides is 1. The molecule has 0 saturated heterocycles. The van der Waals surface area contributed by atoms with Crippen molar-refractivity contribution in [3.8, 4) is 0 Å². The second kappa shape index (κ2) is 15.0. The number of hydrogen-bond acceptors (Lipinski definition) is 2. The van der Waals surface area contributed by atoms with Gasteiger partial charge in [-0.2, -0.15) is 0 Å². The largest absolute Gasteiger partial charge is 0.394 e. The van der Waals surface area contributed by atoms with Crippen molar-refractivity contribution < 1.29 is 14.3 Å². The Kier molecular flexibility index (Phi) is 14.4. The second-order valence-corrected chi connectivity index (χ2v) is 5.92. The molecule has 0 aromatic heterocycles. The van der Waals surface area contributed by atoms with Gasteiger partial charge in [-0.05, 0) is 12.8 Å². The van der Waals surface area contributed by atoms with E-state index < -0.39 is 12.2 Å². The van der Waals surface area contributed by atoms with Gasteiger partial charge in [0.15, 0.2) is 0 Å². The topological polar surface area (TPSA) is 49.3 Å². The summed E-state index contributed by atoms with van der Waals surface area (Å²) in [6.07, 6.45) is 11.5. The zero-order valence-electron chi connectivity index (χ0n) is 14.3. The summed E-state index contributed by atoms with van der Waals surface area (Å²) in [4.78, 5) is 11.7. The number of halogens is 1. The molecular weight excluding hydrogens is 281 g/mol. The van der Waals surface area contributed by atoms with Crippen LogP contribution in [0.4, 0.5) is 4.39 Å². The molecule has 0 heterocycles. The van der Waals surface area contributed by atoms with Crippen LogP contribution in [0.3, 0.4) is 0 Å². The molecule has 0 spiro atoms. The molecule has 2 N–H and O–H groups in total. The number of aliphatic hydroxyl groups excluding tert-OH is 1. The Morgan fingerprint density at radius 3 is 2.32 bits per heavy atom. The number of hydrogen-bond donors (Lipinski definition) is 2. The average Bonchev–Trinajstić information content (AvgIpc) is 2.51. The number of rotatable bonds is 14. The van der Waals surface area contributed by atoms with Gasteiger partial charge in [0.05, 0.1) is 12.6 Å². The van der Waals surface area contributed by atoms with Crippen molar-refractivity contribution in [2.24, 2.45) is 0 Å². The highest BCUT2D eigenvalue weighted by Crippen LogP contribution is 2.10. The van der Waals surface area contributed by atoms with Crippen LogP contribution in [0.1, 0.15) is 78.1 Å². The Labute approximate surface area is 135 Å². The molecule has 0 rings (SSSR count). The minimum atomic E-state index is -0.993. The number of unbranched alkanes of at least 4 members (excludes halogenated alkanes) is 6. The molecule has 0 aliphatic rings. The van der Waals surface area contributed by atoms with Gasteiger partial charge in [0.2, 0.25) is 5.91 Å². The van der Waals surface area contributed by atoms with Crippen LogP contribution in [-0.4, -0.2) is 29.8 Å². The monoisotopic (exact) mass is 315 g/mol. The first-order valence-corrected chi connectivity index (χ1v) is 8.86. The quantitative estimate of drug-likeness (QED) is 0.371. The molecule has 0 aliphatic heterocycles. The highest BCUT2D eigenvalue weighted by atomic mass is 19.1. The third-order valence-electron chi connectivity index (χ3n) is 3.69. The Bertz CT molecular complexity index is 295. The molecule has 0 radical (unpaired) electrons. The first-order valence-electron chi connectivity index (χ1n) is 8.86. The Balaban J connectivity index is 3.90. The fraction of sp³-hybridized carbons (Fsp3) is 0.833. The van der Waals surface area contributed by atoms with E-state index in [1.54, 1.807) is 6.08 Å². The first kappa shape index (κ1) is 21.1. The average molecular weight is 315 g/mol. The number of aliphatic hydroxyl groups is 1. The molecule has 4 heteroatoms. The molecule has 0 saturated carbocycles. The van der Waals surface area contributed by atoms with Crippen molar-refractivity contribution in [3.05, 3.63) is 12.2 Å². The molecule has 0 unspecified atom stereocenters. The van der Waals surface area contributed by atoms with E-state index in [2.05, 4.69) is 19.2 Å². The Morgan fingerprint density at radius 1 is 1.05 bits per heavy atom. The summed E-state index contributed by atoms with van der Waals surface area (Å²) in [5, 5.41) is 12.0. The molecule has 1 amide bonds. The van der Waals surface area contributed by atoms with Crippen LogP contribution in [0.5, 0.6) is 0 Å². The minimum Gasteiger partial charge on any atom is -0.394 e. The SMILES string of the molecule is CCCCCCC[C@H](F)/C=C/[C@H](CO)NC(=O)CCCCC. The maximum atomic E-state index is 13.7. The third-order valence-corrected chi connectivity index (χ3v) is 3.69. The van der Waals surface area contributed by atoms with Crippen molar-refractivity contribution in [1.82, 2.24) is 5.32 Å². The van der Waals surface area contributed by atoms with Gasteiger partial charge in [-0.3, -0.25) is 4.79 Å². The van der Waals surface area contributed by atoms with E-state index in [0.717, 1.165) is 32.1 Å². The van der Waals surface area contributed by atoms with Crippen LogP contribution in [0, 0.1) is 0 Å². The number of nitrogens with one attached hydrogen (secondary N) is 1. The lowest BCUT2D eigenvalue weighted by atomic mass is 10.1. The molecule has 3 nitrogen and oxygen atoms in total. The number of carbonyl (C=O) groups excluding carboxylic acids is 1. The molecule has 2 atom stereocenters. The minimum absolute atomic E-state index is 0.0767. The summed E-state index contributed by atoms with van der Waals surface area (Å²) in [5.41, 5.74) is 0. The maximum Gasteiger partial charge on any atom is 0.220 e. The normalized spacial score (nSPS) is 14.2. The van der Waals surface area contributed by atoms with Crippen molar-refractivity contribution in [3.63, 3.8) is 0 Å². The van der Waals surface area contributed by atoms with Gasteiger partial charge in [-0.1, -0.05) is 70.9 Å². The van der Waals surface area contributed by atoms with Gasteiger partial charge < -0.3 is 10.4 Å². The predicted molar refractivity (Wildman–Crippen MR) is 90.6 cm³/mol. The second-order valence-electron chi connectivity index (χ2n) is 5.92. The van der Waals surface area contributed by atoms with Gasteiger partial charge >= 0.3 is 0 Å². The maximum absolute atomic E-state index is 13.7. The molecule has 22 heavy (non-hydrogen) atoms. The van der Waals surface area contributed by atoms with E-state index in [-0.39, 0.29) is 12.5 Å². The van der Waals surface area contributed by atoms with Crippen LogP contribution in [-0.2, 0) is 4.79 Å². The van der Waals surface area contributed by atoms with Gasteiger partial charge in [-0.25, -0.2) is 4.39 Å². The molecule has 0 fully saturated rings. The molecule has 0 aliphatic carbocycles. The molecule has 0 aromatic carbocycles. The number of allylic oxidation sites excluding steroid dienone is 1. The first-order chi connectivity index (χ1) is 10.6. The van der Waals surface area contributed by atoms with Gasteiger partial charge in [0.1, 0.15) is 6.17 Å². The molecular formula is C18H34FNO2. The fourth-order valence-electron chi connectivity index (χ4n) is 2.26. The van der Waals surface area contributed by atoms with Crippen molar-refractivity contribution >= 4 is 5.91 Å². The van der Waals surface area contributed by atoms with Crippen LogP contribution in [0.25, 0.3) is 0 Å². The lowest BCUT2D eigenvalue weighted by Crippen LogP contribution is -2.36. The predicted octanol–water partition coefficient (Wildman–Crippen LogP) is 4.30. The summed E-state index contributed by atoms with van der Waals surface area (Å²) in [5.74, 6) is -0.0767. The summed E-state index contributed by atoms with van der Waals surface area (Å²) in [6.45, 7) is 4.05. The zero-order valence-corrected chi connectivity index (χ0v) is 14.3. The van der Waals surface area contributed by atoms with Gasteiger partial charge in [0, 0.05) is 6.42 Å². The number of carbonyl (C=O) groups is 1. The van der Waals surface area contributed by atoms with Gasteiger partial charge in [-0.15, -0.1) is 0 Å². The van der Waals surface area contributed by atoms with Crippen LogP contribution in [0.2, 0.25) is 0 Å². The molecule has 0 bridgehead atoms. The lowest BCUT2D eigenvalue weighted by molar-refractivity contribution is -0.121. The van der Waals surface area contributed by atoms with Crippen molar-refractivity contribution in [2.75, 3.05) is 6.61 Å². The third kappa shape index (κ3) is 12.8. The van der Waals surface area contributed by atoms with Crippen molar-refractivity contribution in [1.29, 1.82) is 0 Å². The standard InChI is InChI=1S/C18H34FNO2/c1-3-5-7-8-10-11-16(19)13-14-17(15-21)20-18(22)12-9-6-4-2/h13-14,16-17,21H,3-12,15H2,1-2H3,(H,20,22)/b14-13+/t16-,17+/m0/s1. The highest BCUT2D eigenvalue weighted by molar-refractivity contribution is 5.76. The van der Waals surface area contributed by atoms with E-state index in [4.69, 9.17) is 0 Å². The Hall–Kier alpha value is -0.900. The number of amides is 1. The van der Waals surface area contributed by atoms with E-state index in [1.807, 2.05) is 0 Å². The van der Waals surface area contributed by atoms with Crippen molar-refractivity contribution in [2.45, 2.75) is 90.3 Å². The molecule has 0 aromatic rings. The van der Waals surface area contributed by atoms with Crippen LogP contribution < -0.4 is 5.32 Å². The van der Waals surface area contributed by atoms with Gasteiger partial charge in [0.25, 0.3) is 0 Å². The van der Waals surface area contributed by atoms with Crippen LogP contribution in [0.15, 0.2) is 12.2 Å². The highest BCUT2D eigenvalue weighted by Gasteiger charge is 2.09. The smallest absolute Gasteiger partial charge is 0.220 e. The van der Waals surface area contributed by atoms with Crippen LogP contribution >= 0.6 is 0 Å². The summed E-state index contributed by atoms with van der Waals surface area (Å²) >= 11 is 0. The summed E-state index contributed by atoms with van der Waals surface area (Å²) < 4.78 is 13.7. The lowest BCUT2D eigenvalue weighted by Gasteiger charge is -2.13. The molecule has 130 valence electrons. The van der Waals surface area contributed by atoms with E-state index in [0.29, 0.717) is 12.8 Å².